The Labute approximate surface area is 270 Å². The number of ether oxygens (including phenoxy) is 1. The van der Waals surface area contributed by atoms with Crippen LogP contribution < -0.4 is 14.4 Å². The summed E-state index contributed by atoms with van der Waals surface area (Å²) >= 11 is 6.29. The van der Waals surface area contributed by atoms with Crippen molar-refractivity contribution in [3.8, 4) is 5.75 Å². The zero-order chi connectivity index (χ0) is 32.6. The highest BCUT2D eigenvalue weighted by Crippen LogP contribution is 2.28. The maximum atomic E-state index is 14.5. The Bertz CT molecular complexity index is 1690. The number of rotatable bonds is 12. The lowest BCUT2D eigenvalue weighted by Crippen LogP contribution is -2.56. The van der Waals surface area contributed by atoms with E-state index >= 15 is 0 Å². The summed E-state index contributed by atoms with van der Waals surface area (Å²) in [6.07, 6.45) is 0.226. The van der Waals surface area contributed by atoms with Crippen LogP contribution >= 0.6 is 11.6 Å². The smallest absolute Gasteiger partial charge is 0.264 e. The van der Waals surface area contributed by atoms with Gasteiger partial charge in [0.1, 0.15) is 18.3 Å². The third-order valence-corrected chi connectivity index (χ3v) is 9.01. The quantitative estimate of drug-likeness (QED) is 0.201. The molecule has 0 saturated carbocycles. The van der Waals surface area contributed by atoms with Crippen LogP contribution in [0.2, 0.25) is 5.02 Å². The fourth-order valence-electron chi connectivity index (χ4n) is 4.82. The van der Waals surface area contributed by atoms with E-state index in [0.717, 1.165) is 15.4 Å². The number of methoxy groups -OCH3 is 1. The molecule has 8 nitrogen and oxygen atoms in total. The lowest BCUT2D eigenvalue weighted by atomic mass is 10.0. The molecule has 0 fully saturated rings. The molecule has 0 unspecified atom stereocenters. The molecule has 0 aliphatic carbocycles. The van der Waals surface area contributed by atoms with Gasteiger partial charge >= 0.3 is 0 Å². The third kappa shape index (κ3) is 9.09. The first-order chi connectivity index (χ1) is 21.4. The van der Waals surface area contributed by atoms with Crippen LogP contribution in [0.4, 0.5) is 5.69 Å². The van der Waals surface area contributed by atoms with Crippen molar-refractivity contribution < 1.29 is 22.7 Å². The summed E-state index contributed by atoms with van der Waals surface area (Å²) in [5.74, 6) is -0.411. The number of hydrogen-bond donors (Lipinski definition) is 1. The molecule has 0 heterocycles. The van der Waals surface area contributed by atoms with E-state index in [1.807, 2.05) is 81.4 Å². The molecule has 4 rings (SSSR count). The predicted octanol–water partition coefficient (Wildman–Crippen LogP) is 6.10. The van der Waals surface area contributed by atoms with Crippen molar-refractivity contribution in [1.82, 2.24) is 10.2 Å². The van der Waals surface area contributed by atoms with Gasteiger partial charge in [-0.1, -0.05) is 78.3 Å². The molecule has 4 aromatic carbocycles. The molecular weight excluding hydrogens is 610 g/mol. The summed E-state index contributed by atoms with van der Waals surface area (Å²) in [7, 11) is -2.77. The number of nitrogens with one attached hydrogen (secondary N) is 1. The third-order valence-electron chi connectivity index (χ3n) is 6.99. The van der Waals surface area contributed by atoms with Crippen molar-refractivity contribution in [3.63, 3.8) is 0 Å². The van der Waals surface area contributed by atoms with E-state index in [2.05, 4.69) is 5.32 Å². The van der Waals surface area contributed by atoms with Gasteiger partial charge in [-0.05, 0) is 74.4 Å². The van der Waals surface area contributed by atoms with Crippen molar-refractivity contribution >= 4 is 39.1 Å². The fraction of sp³-hybridized carbons (Fsp3) is 0.257. The molecule has 45 heavy (non-hydrogen) atoms. The minimum absolute atomic E-state index is 0.0306. The highest BCUT2D eigenvalue weighted by molar-refractivity contribution is 7.92. The van der Waals surface area contributed by atoms with Gasteiger partial charge in [0.15, 0.2) is 0 Å². The highest BCUT2D eigenvalue weighted by Gasteiger charge is 2.35. The topological polar surface area (TPSA) is 96.0 Å². The number of carbonyl (C=O) groups excluding carboxylic acids is 2. The number of amides is 2. The predicted molar refractivity (Wildman–Crippen MR) is 178 cm³/mol. The number of hydrogen-bond acceptors (Lipinski definition) is 5. The van der Waals surface area contributed by atoms with Crippen LogP contribution in [0.15, 0.2) is 114 Å². The van der Waals surface area contributed by atoms with Crippen molar-refractivity contribution in [3.05, 3.63) is 125 Å². The molecule has 4 aromatic rings. The Balaban J connectivity index is 1.80. The molecule has 2 amide bonds. The van der Waals surface area contributed by atoms with E-state index in [1.165, 1.54) is 30.2 Å². The molecule has 0 aliphatic heterocycles. The van der Waals surface area contributed by atoms with Gasteiger partial charge in [0, 0.05) is 23.5 Å². The van der Waals surface area contributed by atoms with Crippen LogP contribution in [0.1, 0.15) is 31.9 Å². The van der Waals surface area contributed by atoms with Crippen LogP contribution in [0, 0.1) is 0 Å². The Kier molecular flexibility index (Phi) is 10.9. The zero-order valence-corrected chi connectivity index (χ0v) is 27.4. The summed E-state index contributed by atoms with van der Waals surface area (Å²) < 4.78 is 34.5. The molecule has 0 radical (unpaired) electrons. The number of sulfonamides is 1. The van der Waals surface area contributed by atoms with Gasteiger partial charge in [0.25, 0.3) is 10.0 Å². The van der Waals surface area contributed by atoms with E-state index in [9.17, 15) is 18.0 Å². The van der Waals surface area contributed by atoms with Gasteiger partial charge < -0.3 is 15.0 Å². The standard InChI is InChI=1S/C35H38ClN3O5S/c1-35(2,3)37-34(41)32(22-26-12-7-5-8-13-26)38(24-27-14-9-6-10-15-27)33(40)25-39(29-17-11-16-28(36)23-29)45(42,43)31-20-18-30(44-4)19-21-31/h5-21,23,32H,22,24-25H2,1-4H3,(H,37,41)/t32-/m0/s1. The lowest BCUT2D eigenvalue weighted by Gasteiger charge is -2.35. The summed E-state index contributed by atoms with van der Waals surface area (Å²) in [6, 6.07) is 30.0. The molecule has 236 valence electrons. The normalized spacial score (nSPS) is 12.2. The number of benzene rings is 4. The molecule has 0 spiro atoms. The van der Waals surface area contributed by atoms with Crippen LogP contribution in [-0.2, 0) is 32.6 Å². The molecule has 0 bridgehead atoms. The molecule has 0 saturated heterocycles. The molecule has 1 atom stereocenters. The van der Waals surface area contributed by atoms with Gasteiger partial charge in [0.2, 0.25) is 11.8 Å². The van der Waals surface area contributed by atoms with Gasteiger partial charge in [-0.3, -0.25) is 13.9 Å². The molecular formula is C35H38ClN3O5S. The zero-order valence-electron chi connectivity index (χ0n) is 25.8. The lowest BCUT2D eigenvalue weighted by molar-refractivity contribution is -0.140. The van der Waals surface area contributed by atoms with Gasteiger partial charge in [-0.2, -0.15) is 0 Å². The van der Waals surface area contributed by atoms with Gasteiger partial charge in [-0.25, -0.2) is 8.42 Å². The second-order valence-electron chi connectivity index (χ2n) is 11.6. The minimum Gasteiger partial charge on any atom is -0.497 e. The maximum Gasteiger partial charge on any atom is 0.264 e. The largest absolute Gasteiger partial charge is 0.497 e. The van der Waals surface area contributed by atoms with Crippen molar-refractivity contribution in [2.45, 2.75) is 50.2 Å². The van der Waals surface area contributed by atoms with Gasteiger partial charge in [0.05, 0.1) is 17.7 Å². The first-order valence-electron chi connectivity index (χ1n) is 14.5. The molecule has 1 N–H and O–H groups in total. The number of anilines is 1. The first-order valence-corrected chi connectivity index (χ1v) is 16.3. The van der Waals surface area contributed by atoms with Crippen LogP contribution in [0.5, 0.6) is 5.75 Å². The Morgan fingerprint density at radius 3 is 2.00 bits per heavy atom. The monoisotopic (exact) mass is 647 g/mol. The molecule has 0 aromatic heterocycles. The summed E-state index contributed by atoms with van der Waals surface area (Å²) in [4.78, 5) is 29.8. The van der Waals surface area contributed by atoms with Crippen LogP contribution in [0.3, 0.4) is 0 Å². The van der Waals surface area contributed by atoms with E-state index in [-0.39, 0.29) is 29.5 Å². The Hall–Kier alpha value is -4.34. The van der Waals surface area contributed by atoms with Crippen molar-refractivity contribution in [2.24, 2.45) is 0 Å². The number of carbonyl (C=O) groups is 2. The van der Waals surface area contributed by atoms with E-state index in [1.54, 1.807) is 30.3 Å². The summed E-state index contributed by atoms with van der Waals surface area (Å²) in [5, 5.41) is 3.33. The summed E-state index contributed by atoms with van der Waals surface area (Å²) in [6.45, 7) is 5.12. The van der Waals surface area contributed by atoms with Crippen LogP contribution in [0.25, 0.3) is 0 Å². The van der Waals surface area contributed by atoms with E-state index in [4.69, 9.17) is 16.3 Å². The molecule has 10 heteroatoms. The Morgan fingerprint density at radius 2 is 1.44 bits per heavy atom. The van der Waals surface area contributed by atoms with Crippen molar-refractivity contribution in [2.75, 3.05) is 18.0 Å². The van der Waals surface area contributed by atoms with Crippen LogP contribution in [-0.4, -0.2) is 50.4 Å². The number of nitrogens with zero attached hydrogens (tertiary/aromatic N) is 2. The van der Waals surface area contributed by atoms with Gasteiger partial charge in [-0.15, -0.1) is 0 Å². The summed E-state index contributed by atoms with van der Waals surface area (Å²) in [5.41, 5.74) is 1.29. The van der Waals surface area contributed by atoms with E-state index < -0.39 is 34.1 Å². The number of halogens is 1. The maximum absolute atomic E-state index is 14.5. The fourth-order valence-corrected chi connectivity index (χ4v) is 6.41. The average molecular weight is 648 g/mol. The second-order valence-corrected chi connectivity index (χ2v) is 13.9. The molecule has 0 aliphatic rings. The van der Waals surface area contributed by atoms with E-state index in [0.29, 0.717) is 10.8 Å². The second kappa shape index (κ2) is 14.6. The SMILES string of the molecule is COc1ccc(S(=O)(=O)N(CC(=O)N(Cc2ccccc2)[C@@H](Cc2ccccc2)C(=O)NC(C)(C)C)c2cccc(Cl)c2)cc1. The average Bonchev–Trinajstić information content (AvgIpc) is 3.01. The van der Waals surface area contributed by atoms with Crippen molar-refractivity contribution in [1.29, 1.82) is 0 Å². The Morgan fingerprint density at radius 1 is 0.844 bits per heavy atom. The highest BCUT2D eigenvalue weighted by atomic mass is 35.5. The minimum atomic E-state index is -4.26. The first kappa shape index (κ1) is 33.6.